The van der Waals surface area contributed by atoms with E-state index in [1.165, 1.54) is 0 Å². The summed E-state index contributed by atoms with van der Waals surface area (Å²) in [4.78, 5) is 4.85. The van der Waals surface area contributed by atoms with Crippen molar-refractivity contribution in [1.29, 1.82) is 0 Å². The van der Waals surface area contributed by atoms with Gasteiger partial charge in [0.1, 0.15) is 5.75 Å². The fourth-order valence-corrected chi connectivity index (χ4v) is 3.33. The van der Waals surface area contributed by atoms with Crippen LogP contribution in [0.25, 0.3) is 33.3 Å². The molecular weight excluding hydrogens is 388 g/mol. The van der Waals surface area contributed by atoms with Crippen LogP contribution < -0.4 is 10.5 Å². The Morgan fingerprint density at radius 2 is 1.65 bits per heavy atom. The molecule has 128 valence electrons. The Bertz CT molecular complexity index is 1090. The highest BCUT2D eigenvalue weighted by Gasteiger charge is 2.12. The number of benzene rings is 3. The van der Waals surface area contributed by atoms with Gasteiger partial charge in [0.15, 0.2) is 0 Å². The van der Waals surface area contributed by atoms with Crippen LogP contribution >= 0.6 is 15.9 Å². The van der Waals surface area contributed by atoms with E-state index in [4.69, 9.17) is 15.5 Å². The van der Waals surface area contributed by atoms with Gasteiger partial charge in [0, 0.05) is 26.7 Å². The summed E-state index contributed by atoms with van der Waals surface area (Å²) in [7, 11) is 1.67. The average molecular weight is 405 g/mol. The van der Waals surface area contributed by atoms with Gasteiger partial charge in [-0.2, -0.15) is 0 Å². The number of hydrogen-bond donors (Lipinski definition) is 1. The Kier molecular flexibility index (Phi) is 4.35. The van der Waals surface area contributed by atoms with Crippen LogP contribution in [0.4, 0.5) is 5.69 Å². The van der Waals surface area contributed by atoms with Crippen molar-refractivity contribution < 1.29 is 4.74 Å². The normalized spacial score (nSPS) is 10.8. The van der Waals surface area contributed by atoms with E-state index in [9.17, 15) is 0 Å². The molecule has 0 unspecified atom stereocenters. The maximum absolute atomic E-state index is 6.26. The van der Waals surface area contributed by atoms with Crippen LogP contribution in [0.1, 0.15) is 0 Å². The largest absolute Gasteiger partial charge is 0.497 e. The first-order chi connectivity index (χ1) is 12.7. The number of halogens is 1. The third kappa shape index (κ3) is 3.04. The van der Waals surface area contributed by atoms with Crippen molar-refractivity contribution in [2.75, 3.05) is 12.8 Å². The molecule has 0 bridgehead atoms. The molecule has 0 aliphatic carbocycles. The number of nitrogens with two attached hydrogens (primary N) is 1. The Morgan fingerprint density at radius 3 is 2.38 bits per heavy atom. The van der Waals surface area contributed by atoms with E-state index in [0.717, 1.165) is 49.2 Å². The highest BCUT2D eigenvalue weighted by Crippen LogP contribution is 2.36. The van der Waals surface area contributed by atoms with Gasteiger partial charge in [-0.15, -0.1) is 0 Å². The fraction of sp³-hybridized carbons (Fsp3) is 0.0455. The summed E-state index contributed by atoms with van der Waals surface area (Å²) in [6.45, 7) is 0. The fourth-order valence-electron chi connectivity index (χ4n) is 3.07. The van der Waals surface area contributed by atoms with Crippen LogP contribution in [0.2, 0.25) is 0 Å². The minimum absolute atomic E-state index is 0.740. The number of para-hydroxylation sites is 1. The molecule has 26 heavy (non-hydrogen) atoms. The molecule has 0 spiro atoms. The van der Waals surface area contributed by atoms with Gasteiger partial charge in [-0.05, 0) is 48.0 Å². The summed E-state index contributed by atoms with van der Waals surface area (Å²) in [6.07, 6.45) is 0. The van der Waals surface area contributed by atoms with Crippen LogP contribution in [0.5, 0.6) is 5.75 Å². The lowest BCUT2D eigenvalue weighted by atomic mass is 9.97. The van der Waals surface area contributed by atoms with E-state index in [1.54, 1.807) is 7.11 Å². The minimum Gasteiger partial charge on any atom is -0.497 e. The van der Waals surface area contributed by atoms with Gasteiger partial charge in [-0.1, -0.05) is 46.3 Å². The van der Waals surface area contributed by atoms with Crippen LogP contribution in [-0.4, -0.2) is 12.1 Å². The molecule has 3 nitrogen and oxygen atoms in total. The molecule has 2 N–H and O–H groups in total. The lowest BCUT2D eigenvalue weighted by Gasteiger charge is -2.13. The summed E-state index contributed by atoms with van der Waals surface area (Å²) in [5.74, 6) is 0.798. The number of anilines is 1. The third-order valence-corrected chi connectivity index (χ3v) is 4.94. The molecule has 0 aliphatic heterocycles. The molecule has 0 saturated heterocycles. The average Bonchev–Trinajstić information content (AvgIpc) is 2.68. The molecule has 0 fully saturated rings. The van der Waals surface area contributed by atoms with Gasteiger partial charge in [0.2, 0.25) is 0 Å². The Morgan fingerprint density at radius 1 is 0.885 bits per heavy atom. The monoisotopic (exact) mass is 404 g/mol. The number of hydrogen-bond acceptors (Lipinski definition) is 3. The number of nitrogens with zero attached hydrogens (tertiary/aromatic N) is 1. The molecule has 0 amide bonds. The van der Waals surface area contributed by atoms with Crippen LogP contribution in [0, 0.1) is 0 Å². The van der Waals surface area contributed by atoms with E-state index < -0.39 is 0 Å². The van der Waals surface area contributed by atoms with Crippen LogP contribution in [0.15, 0.2) is 77.3 Å². The Labute approximate surface area is 160 Å². The molecule has 0 aliphatic rings. The molecule has 0 atom stereocenters. The lowest BCUT2D eigenvalue weighted by molar-refractivity contribution is 0.415. The van der Waals surface area contributed by atoms with Gasteiger partial charge in [-0.25, -0.2) is 4.98 Å². The number of methoxy groups -OCH3 is 1. The highest BCUT2D eigenvalue weighted by molar-refractivity contribution is 9.10. The number of pyridine rings is 1. The van der Waals surface area contributed by atoms with Gasteiger partial charge in [-0.3, -0.25) is 0 Å². The van der Waals surface area contributed by atoms with Crippen molar-refractivity contribution in [1.82, 2.24) is 4.98 Å². The zero-order valence-electron chi connectivity index (χ0n) is 14.2. The second-order valence-electron chi connectivity index (χ2n) is 6.03. The topological polar surface area (TPSA) is 48.1 Å². The second kappa shape index (κ2) is 6.81. The first-order valence-electron chi connectivity index (χ1n) is 8.25. The molecule has 1 aromatic heterocycles. The van der Waals surface area contributed by atoms with Crippen molar-refractivity contribution in [3.63, 3.8) is 0 Å². The summed E-state index contributed by atoms with van der Waals surface area (Å²) in [5, 5.41) is 1.02. The molecular formula is C22H17BrN2O. The number of aromatic nitrogens is 1. The Balaban J connectivity index is 2.02. The SMILES string of the molecule is COc1ccc2nc(-c3ccc(Br)cc3)cc(-c3ccccc3N)c2c1. The smallest absolute Gasteiger partial charge is 0.119 e. The zero-order chi connectivity index (χ0) is 18.1. The lowest BCUT2D eigenvalue weighted by Crippen LogP contribution is -1.94. The van der Waals surface area contributed by atoms with Crippen molar-refractivity contribution in [3.8, 4) is 28.1 Å². The van der Waals surface area contributed by atoms with Gasteiger partial charge >= 0.3 is 0 Å². The molecule has 4 rings (SSSR count). The van der Waals surface area contributed by atoms with Crippen molar-refractivity contribution in [2.45, 2.75) is 0 Å². The van der Waals surface area contributed by atoms with Crippen LogP contribution in [0.3, 0.4) is 0 Å². The van der Waals surface area contributed by atoms with Gasteiger partial charge < -0.3 is 10.5 Å². The molecule has 0 radical (unpaired) electrons. The molecule has 4 aromatic rings. The first kappa shape index (κ1) is 16.6. The molecule has 3 aromatic carbocycles. The van der Waals surface area contributed by atoms with Crippen molar-refractivity contribution >= 4 is 32.5 Å². The molecule has 1 heterocycles. The quantitative estimate of drug-likeness (QED) is 0.431. The van der Waals surface area contributed by atoms with E-state index in [2.05, 4.69) is 34.1 Å². The van der Waals surface area contributed by atoms with Crippen LogP contribution in [-0.2, 0) is 0 Å². The molecule has 0 saturated carbocycles. The van der Waals surface area contributed by atoms with Crippen molar-refractivity contribution in [2.24, 2.45) is 0 Å². The van der Waals surface area contributed by atoms with Crippen molar-refractivity contribution in [3.05, 3.63) is 77.3 Å². The summed E-state index contributed by atoms with van der Waals surface area (Å²) >= 11 is 3.48. The minimum atomic E-state index is 0.740. The van der Waals surface area contributed by atoms with E-state index >= 15 is 0 Å². The van der Waals surface area contributed by atoms with Gasteiger partial charge in [0.05, 0.1) is 18.3 Å². The standard InChI is InChI=1S/C22H17BrN2O/c1-26-16-10-11-21-19(12-16)18(17-4-2-3-5-20(17)24)13-22(25-21)14-6-8-15(23)9-7-14/h2-13H,24H2,1H3. The van der Waals surface area contributed by atoms with Gasteiger partial charge in [0.25, 0.3) is 0 Å². The number of nitrogen functional groups attached to an aromatic ring is 1. The summed E-state index contributed by atoms with van der Waals surface area (Å²) < 4.78 is 6.45. The first-order valence-corrected chi connectivity index (χ1v) is 9.04. The zero-order valence-corrected chi connectivity index (χ0v) is 15.8. The maximum atomic E-state index is 6.26. The number of ether oxygens (including phenoxy) is 1. The van der Waals surface area contributed by atoms with E-state index in [0.29, 0.717) is 0 Å². The third-order valence-electron chi connectivity index (χ3n) is 4.41. The molecule has 4 heteroatoms. The summed E-state index contributed by atoms with van der Waals surface area (Å²) in [5.41, 5.74) is 11.9. The Hall–Kier alpha value is -2.85. The predicted molar refractivity (Wildman–Crippen MR) is 111 cm³/mol. The van der Waals surface area contributed by atoms with E-state index in [-0.39, 0.29) is 0 Å². The summed E-state index contributed by atoms with van der Waals surface area (Å²) in [6, 6.07) is 24.1. The number of rotatable bonds is 3. The van der Waals surface area contributed by atoms with E-state index in [1.807, 2.05) is 54.6 Å². The number of fused-ring (bicyclic) bond motifs is 1. The highest BCUT2D eigenvalue weighted by atomic mass is 79.9. The predicted octanol–water partition coefficient (Wildman–Crippen LogP) is 5.92. The maximum Gasteiger partial charge on any atom is 0.119 e. The second-order valence-corrected chi connectivity index (χ2v) is 6.95.